The van der Waals surface area contributed by atoms with E-state index in [1.165, 1.54) is 10.8 Å². The van der Waals surface area contributed by atoms with Crippen LogP contribution in [0.25, 0.3) is 22.0 Å². The summed E-state index contributed by atoms with van der Waals surface area (Å²) >= 11 is 0. The van der Waals surface area contributed by atoms with Gasteiger partial charge in [0.1, 0.15) is 0 Å². The molecular weight excluding hydrogens is 336 g/mol. The molecule has 134 valence electrons. The van der Waals surface area contributed by atoms with Crippen LogP contribution in [0, 0.1) is 6.92 Å². The maximum Gasteiger partial charge on any atom is 0.222 e. The van der Waals surface area contributed by atoms with Crippen molar-refractivity contribution in [3.8, 4) is 11.3 Å². The van der Waals surface area contributed by atoms with Gasteiger partial charge in [0.2, 0.25) is 5.95 Å². The first-order valence-corrected chi connectivity index (χ1v) is 8.88. The van der Waals surface area contributed by atoms with Crippen molar-refractivity contribution in [3.05, 3.63) is 72.6 Å². The summed E-state index contributed by atoms with van der Waals surface area (Å²) in [7, 11) is 0. The lowest BCUT2D eigenvalue weighted by Gasteiger charge is -2.10. The molecule has 0 fully saturated rings. The highest BCUT2D eigenvalue weighted by atomic mass is 15.2. The SMILES string of the molecule is Cc1cc(-c2ccc3ccccc3c2)nnc1NCCNc1ncccn1. The molecule has 2 aromatic carbocycles. The van der Waals surface area contributed by atoms with Gasteiger partial charge in [-0.25, -0.2) is 9.97 Å². The van der Waals surface area contributed by atoms with Gasteiger partial charge in [0.25, 0.3) is 0 Å². The van der Waals surface area contributed by atoms with Crippen LogP contribution in [0.2, 0.25) is 0 Å². The second kappa shape index (κ2) is 7.78. The average molecular weight is 356 g/mol. The zero-order chi connectivity index (χ0) is 18.5. The molecule has 0 spiro atoms. The van der Waals surface area contributed by atoms with Crippen molar-refractivity contribution in [1.82, 2.24) is 20.2 Å². The molecule has 2 heterocycles. The van der Waals surface area contributed by atoms with Gasteiger partial charge in [-0.2, -0.15) is 0 Å². The van der Waals surface area contributed by atoms with E-state index in [9.17, 15) is 0 Å². The Kier molecular flexibility index (Phi) is 4.87. The first-order chi connectivity index (χ1) is 13.3. The number of rotatable bonds is 6. The first-order valence-electron chi connectivity index (χ1n) is 8.88. The molecule has 0 aliphatic rings. The number of hydrogen-bond acceptors (Lipinski definition) is 6. The van der Waals surface area contributed by atoms with Gasteiger partial charge in [-0.05, 0) is 41.5 Å². The van der Waals surface area contributed by atoms with Crippen LogP contribution in [-0.2, 0) is 0 Å². The Balaban J connectivity index is 1.42. The third kappa shape index (κ3) is 4.00. The molecule has 0 radical (unpaired) electrons. The van der Waals surface area contributed by atoms with Crippen LogP contribution in [0.5, 0.6) is 0 Å². The number of fused-ring (bicyclic) bond motifs is 1. The van der Waals surface area contributed by atoms with Gasteiger partial charge in [-0.1, -0.05) is 36.4 Å². The molecule has 0 amide bonds. The van der Waals surface area contributed by atoms with Crippen LogP contribution >= 0.6 is 0 Å². The maximum atomic E-state index is 4.40. The minimum absolute atomic E-state index is 0.619. The summed E-state index contributed by atoms with van der Waals surface area (Å²) in [5.41, 5.74) is 3.00. The summed E-state index contributed by atoms with van der Waals surface area (Å²) in [6.07, 6.45) is 3.42. The van der Waals surface area contributed by atoms with E-state index in [0.717, 1.165) is 22.6 Å². The highest BCUT2D eigenvalue weighted by Gasteiger charge is 2.06. The van der Waals surface area contributed by atoms with Crippen LogP contribution in [0.3, 0.4) is 0 Å². The summed E-state index contributed by atoms with van der Waals surface area (Å²) in [5, 5.41) is 17.6. The van der Waals surface area contributed by atoms with E-state index >= 15 is 0 Å². The van der Waals surface area contributed by atoms with Gasteiger partial charge < -0.3 is 10.6 Å². The predicted molar refractivity (Wildman–Crippen MR) is 109 cm³/mol. The van der Waals surface area contributed by atoms with Crippen molar-refractivity contribution in [2.75, 3.05) is 23.7 Å². The molecule has 0 bridgehead atoms. The number of aromatic nitrogens is 4. The van der Waals surface area contributed by atoms with E-state index in [0.29, 0.717) is 19.0 Å². The largest absolute Gasteiger partial charge is 0.367 e. The highest BCUT2D eigenvalue weighted by molar-refractivity contribution is 5.86. The molecule has 2 aromatic heterocycles. The van der Waals surface area contributed by atoms with Crippen molar-refractivity contribution < 1.29 is 0 Å². The summed E-state index contributed by atoms with van der Waals surface area (Å²) in [4.78, 5) is 8.26. The summed E-state index contributed by atoms with van der Waals surface area (Å²) < 4.78 is 0. The molecule has 27 heavy (non-hydrogen) atoms. The molecule has 4 aromatic rings. The van der Waals surface area contributed by atoms with Gasteiger partial charge in [0.15, 0.2) is 5.82 Å². The molecule has 4 rings (SSSR count). The van der Waals surface area contributed by atoms with Crippen molar-refractivity contribution in [1.29, 1.82) is 0 Å². The number of nitrogens with one attached hydrogen (secondary N) is 2. The Morgan fingerprint density at radius 1 is 0.778 bits per heavy atom. The Morgan fingerprint density at radius 2 is 1.56 bits per heavy atom. The van der Waals surface area contributed by atoms with Crippen LogP contribution < -0.4 is 10.6 Å². The second-order valence-electron chi connectivity index (χ2n) is 6.25. The van der Waals surface area contributed by atoms with Crippen molar-refractivity contribution in [2.24, 2.45) is 0 Å². The number of benzene rings is 2. The molecule has 6 nitrogen and oxygen atoms in total. The van der Waals surface area contributed by atoms with E-state index in [1.54, 1.807) is 18.5 Å². The molecule has 0 aliphatic heterocycles. The number of aryl methyl sites for hydroxylation is 1. The van der Waals surface area contributed by atoms with Crippen LogP contribution in [-0.4, -0.2) is 33.3 Å². The lowest BCUT2D eigenvalue weighted by Crippen LogP contribution is -2.16. The topological polar surface area (TPSA) is 75.6 Å². The minimum atomic E-state index is 0.619. The Morgan fingerprint density at radius 3 is 2.37 bits per heavy atom. The lowest BCUT2D eigenvalue weighted by molar-refractivity contribution is 0.972. The minimum Gasteiger partial charge on any atom is -0.367 e. The van der Waals surface area contributed by atoms with Crippen molar-refractivity contribution in [2.45, 2.75) is 6.92 Å². The van der Waals surface area contributed by atoms with E-state index in [4.69, 9.17) is 0 Å². The normalized spacial score (nSPS) is 10.7. The molecule has 6 heteroatoms. The smallest absolute Gasteiger partial charge is 0.222 e. The number of nitrogens with zero attached hydrogens (tertiary/aromatic N) is 4. The quantitative estimate of drug-likeness (QED) is 0.510. The summed E-state index contributed by atoms with van der Waals surface area (Å²) in [6, 6.07) is 18.5. The van der Waals surface area contributed by atoms with Gasteiger partial charge in [-0.3, -0.25) is 0 Å². The summed E-state index contributed by atoms with van der Waals surface area (Å²) in [5.74, 6) is 1.41. The Labute approximate surface area is 157 Å². The highest BCUT2D eigenvalue weighted by Crippen LogP contribution is 2.24. The fourth-order valence-electron chi connectivity index (χ4n) is 2.90. The molecular formula is C21H20N6. The maximum absolute atomic E-state index is 4.40. The fraction of sp³-hybridized carbons (Fsp3) is 0.143. The lowest BCUT2D eigenvalue weighted by atomic mass is 10.0. The number of anilines is 2. The zero-order valence-electron chi connectivity index (χ0n) is 15.1. The number of hydrogen-bond donors (Lipinski definition) is 2. The average Bonchev–Trinajstić information content (AvgIpc) is 2.72. The van der Waals surface area contributed by atoms with Gasteiger partial charge in [0.05, 0.1) is 5.69 Å². The molecule has 2 N–H and O–H groups in total. The van der Waals surface area contributed by atoms with Crippen LogP contribution in [0.1, 0.15) is 5.56 Å². The Hall–Kier alpha value is -3.54. The summed E-state index contributed by atoms with van der Waals surface area (Å²) in [6.45, 7) is 3.43. The molecule has 0 unspecified atom stereocenters. The third-order valence-electron chi connectivity index (χ3n) is 4.30. The molecule has 0 aliphatic carbocycles. The van der Waals surface area contributed by atoms with Gasteiger partial charge in [0, 0.05) is 31.0 Å². The molecule has 0 saturated heterocycles. The van der Waals surface area contributed by atoms with E-state index < -0.39 is 0 Å². The zero-order valence-corrected chi connectivity index (χ0v) is 15.1. The van der Waals surface area contributed by atoms with Crippen molar-refractivity contribution >= 4 is 22.5 Å². The molecule has 0 atom stereocenters. The van der Waals surface area contributed by atoms with E-state index in [1.807, 2.05) is 19.1 Å². The van der Waals surface area contributed by atoms with E-state index in [-0.39, 0.29) is 0 Å². The Bertz CT molecular complexity index is 1050. The molecule has 0 saturated carbocycles. The van der Waals surface area contributed by atoms with Gasteiger partial charge in [-0.15, -0.1) is 10.2 Å². The standard InChI is InChI=1S/C21H20N6/c1-15-13-19(18-8-7-16-5-2-3-6-17(16)14-18)26-27-20(15)22-11-12-25-21-23-9-4-10-24-21/h2-10,13-14H,11-12H2,1H3,(H,22,27)(H,23,24,25). The predicted octanol–water partition coefficient (Wildman–Crippen LogP) is 3.92. The second-order valence-corrected chi connectivity index (χ2v) is 6.25. The first kappa shape index (κ1) is 16.9. The van der Waals surface area contributed by atoms with Crippen LogP contribution in [0.15, 0.2) is 67.0 Å². The van der Waals surface area contributed by atoms with E-state index in [2.05, 4.69) is 67.2 Å². The van der Waals surface area contributed by atoms with Crippen molar-refractivity contribution in [3.63, 3.8) is 0 Å². The van der Waals surface area contributed by atoms with Gasteiger partial charge >= 0.3 is 0 Å². The van der Waals surface area contributed by atoms with Crippen LogP contribution in [0.4, 0.5) is 11.8 Å². The monoisotopic (exact) mass is 356 g/mol. The third-order valence-corrected chi connectivity index (χ3v) is 4.30. The fourth-order valence-corrected chi connectivity index (χ4v) is 2.90.